The molecule has 1 atom stereocenters. The summed E-state index contributed by atoms with van der Waals surface area (Å²) in [7, 11) is 0. The number of nitrogens with zero attached hydrogens (tertiary/aromatic N) is 1. The fourth-order valence-electron chi connectivity index (χ4n) is 1.82. The standard InChI is InChI=1S/C14H16F2N2OS/c1-9(17-7-13-10(2)18-8-20-13)11-4-3-5-12(6-11)19-14(15)16/h3-6,8-9,14,17H,7H2,1-2H3. The first-order chi connectivity index (χ1) is 9.56. The van der Waals surface area contributed by atoms with E-state index in [-0.39, 0.29) is 11.8 Å². The average Bonchev–Trinajstić information content (AvgIpc) is 2.81. The van der Waals surface area contributed by atoms with Gasteiger partial charge in [-0.05, 0) is 31.5 Å². The summed E-state index contributed by atoms with van der Waals surface area (Å²) in [6.45, 7) is 1.86. The number of alkyl halides is 2. The minimum atomic E-state index is -2.80. The summed E-state index contributed by atoms with van der Waals surface area (Å²) >= 11 is 1.60. The van der Waals surface area contributed by atoms with E-state index in [9.17, 15) is 8.78 Å². The highest BCUT2D eigenvalue weighted by molar-refractivity contribution is 7.09. The molecule has 6 heteroatoms. The second-order valence-electron chi connectivity index (χ2n) is 4.41. The van der Waals surface area contributed by atoms with Crippen molar-refractivity contribution in [1.29, 1.82) is 0 Å². The first-order valence-corrected chi connectivity index (χ1v) is 7.11. The van der Waals surface area contributed by atoms with Gasteiger partial charge < -0.3 is 10.1 Å². The molecule has 0 fully saturated rings. The molecule has 1 aromatic carbocycles. The fourth-order valence-corrected chi connectivity index (χ4v) is 2.55. The monoisotopic (exact) mass is 298 g/mol. The van der Waals surface area contributed by atoms with Crippen LogP contribution in [0.3, 0.4) is 0 Å². The lowest BCUT2D eigenvalue weighted by Crippen LogP contribution is -2.18. The molecule has 0 saturated carbocycles. The zero-order valence-corrected chi connectivity index (χ0v) is 12.1. The van der Waals surface area contributed by atoms with Gasteiger partial charge in [-0.25, -0.2) is 4.98 Å². The number of halogens is 2. The van der Waals surface area contributed by atoms with Gasteiger partial charge in [0.15, 0.2) is 0 Å². The Kier molecular flexibility index (Phi) is 5.03. The van der Waals surface area contributed by atoms with E-state index in [1.54, 1.807) is 23.5 Å². The molecule has 1 N–H and O–H groups in total. The molecule has 108 valence electrons. The molecule has 0 bridgehead atoms. The highest BCUT2D eigenvalue weighted by atomic mass is 32.1. The summed E-state index contributed by atoms with van der Waals surface area (Å²) in [5, 5.41) is 3.35. The van der Waals surface area contributed by atoms with Crippen LogP contribution in [0, 0.1) is 6.92 Å². The lowest BCUT2D eigenvalue weighted by Gasteiger charge is -2.15. The second kappa shape index (κ2) is 6.76. The third-order valence-corrected chi connectivity index (χ3v) is 3.93. The van der Waals surface area contributed by atoms with Gasteiger partial charge in [0.2, 0.25) is 0 Å². The van der Waals surface area contributed by atoms with Crippen molar-refractivity contribution >= 4 is 11.3 Å². The average molecular weight is 298 g/mol. The summed E-state index contributed by atoms with van der Waals surface area (Å²) < 4.78 is 28.8. The highest BCUT2D eigenvalue weighted by Crippen LogP contribution is 2.21. The molecule has 0 amide bonds. The zero-order valence-electron chi connectivity index (χ0n) is 11.3. The number of hydrogen-bond acceptors (Lipinski definition) is 4. The van der Waals surface area contributed by atoms with Gasteiger partial charge in [0.1, 0.15) is 5.75 Å². The number of hydrogen-bond donors (Lipinski definition) is 1. The molecule has 3 nitrogen and oxygen atoms in total. The van der Waals surface area contributed by atoms with Gasteiger partial charge in [-0.2, -0.15) is 8.78 Å². The summed E-state index contributed by atoms with van der Waals surface area (Å²) in [5.74, 6) is 0.181. The minimum Gasteiger partial charge on any atom is -0.435 e. The van der Waals surface area contributed by atoms with Crippen molar-refractivity contribution in [3.05, 3.63) is 45.9 Å². The highest BCUT2D eigenvalue weighted by Gasteiger charge is 2.10. The van der Waals surface area contributed by atoms with Gasteiger partial charge in [-0.1, -0.05) is 12.1 Å². The van der Waals surface area contributed by atoms with E-state index in [1.807, 2.05) is 25.4 Å². The van der Waals surface area contributed by atoms with E-state index >= 15 is 0 Å². The van der Waals surface area contributed by atoms with Crippen molar-refractivity contribution in [2.75, 3.05) is 0 Å². The number of aryl methyl sites for hydroxylation is 1. The van der Waals surface area contributed by atoms with Crippen LogP contribution in [-0.4, -0.2) is 11.6 Å². The molecule has 0 saturated heterocycles. The van der Waals surface area contributed by atoms with E-state index in [1.165, 1.54) is 10.9 Å². The van der Waals surface area contributed by atoms with Gasteiger partial charge in [-0.3, -0.25) is 0 Å². The van der Waals surface area contributed by atoms with Crippen molar-refractivity contribution in [2.24, 2.45) is 0 Å². The first-order valence-electron chi connectivity index (χ1n) is 6.23. The van der Waals surface area contributed by atoms with Crippen LogP contribution in [0.2, 0.25) is 0 Å². The Hall–Kier alpha value is -1.53. The third-order valence-electron chi connectivity index (χ3n) is 3.00. The maximum Gasteiger partial charge on any atom is 0.387 e. The molecular formula is C14H16F2N2OS. The molecule has 2 aromatic rings. The Morgan fingerprint density at radius 2 is 2.20 bits per heavy atom. The Bertz CT molecular complexity index is 560. The van der Waals surface area contributed by atoms with Crippen molar-refractivity contribution in [1.82, 2.24) is 10.3 Å². The number of benzene rings is 1. The molecular weight excluding hydrogens is 282 g/mol. The quantitative estimate of drug-likeness (QED) is 0.878. The zero-order chi connectivity index (χ0) is 14.5. The van der Waals surface area contributed by atoms with Crippen LogP contribution in [0.25, 0.3) is 0 Å². The van der Waals surface area contributed by atoms with Gasteiger partial charge in [0.25, 0.3) is 0 Å². The Labute approximate surface area is 120 Å². The van der Waals surface area contributed by atoms with Crippen molar-refractivity contribution in [3.63, 3.8) is 0 Å². The van der Waals surface area contributed by atoms with E-state index in [0.29, 0.717) is 6.54 Å². The van der Waals surface area contributed by atoms with Crippen LogP contribution in [0.4, 0.5) is 8.78 Å². The van der Waals surface area contributed by atoms with Crippen LogP contribution >= 0.6 is 11.3 Å². The smallest absolute Gasteiger partial charge is 0.387 e. The van der Waals surface area contributed by atoms with Gasteiger partial charge >= 0.3 is 6.61 Å². The second-order valence-corrected chi connectivity index (χ2v) is 5.35. The maximum absolute atomic E-state index is 12.2. The summed E-state index contributed by atoms with van der Waals surface area (Å²) in [5.41, 5.74) is 3.74. The SMILES string of the molecule is Cc1ncsc1CNC(C)c1cccc(OC(F)F)c1. The minimum absolute atomic E-state index is 0.0396. The van der Waals surface area contributed by atoms with E-state index in [4.69, 9.17) is 0 Å². The predicted molar refractivity (Wildman–Crippen MR) is 75.2 cm³/mol. The Morgan fingerprint density at radius 1 is 1.40 bits per heavy atom. The van der Waals surface area contributed by atoms with Crippen molar-refractivity contribution < 1.29 is 13.5 Å². The number of ether oxygens (including phenoxy) is 1. The van der Waals surface area contributed by atoms with Crippen LogP contribution < -0.4 is 10.1 Å². The lowest BCUT2D eigenvalue weighted by atomic mass is 10.1. The molecule has 0 aliphatic rings. The van der Waals surface area contributed by atoms with Gasteiger partial charge in [-0.15, -0.1) is 11.3 Å². The summed E-state index contributed by atoms with van der Waals surface area (Å²) in [4.78, 5) is 5.37. The Morgan fingerprint density at radius 3 is 2.85 bits per heavy atom. The summed E-state index contributed by atoms with van der Waals surface area (Å²) in [6.07, 6.45) is 0. The molecule has 0 radical (unpaired) electrons. The molecule has 1 unspecified atom stereocenters. The fraction of sp³-hybridized carbons (Fsp3) is 0.357. The molecule has 0 spiro atoms. The number of aromatic nitrogens is 1. The predicted octanol–water partition coefficient (Wildman–Crippen LogP) is 3.90. The van der Waals surface area contributed by atoms with E-state index in [0.717, 1.165) is 11.3 Å². The van der Waals surface area contributed by atoms with Crippen LogP contribution in [0.1, 0.15) is 29.1 Å². The normalized spacial score (nSPS) is 12.7. The van der Waals surface area contributed by atoms with Crippen LogP contribution in [-0.2, 0) is 6.54 Å². The van der Waals surface area contributed by atoms with E-state index in [2.05, 4.69) is 15.0 Å². The molecule has 2 rings (SSSR count). The van der Waals surface area contributed by atoms with Gasteiger partial charge in [0, 0.05) is 17.5 Å². The molecule has 1 heterocycles. The van der Waals surface area contributed by atoms with Crippen molar-refractivity contribution in [3.8, 4) is 5.75 Å². The number of thiazole rings is 1. The topological polar surface area (TPSA) is 34.2 Å². The number of nitrogens with one attached hydrogen (secondary N) is 1. The lowest BCUT2D eigenvalue weighted by molar-refractivity contribution is -0.0499. The van der Waals surface area contributed by atoms with Crippen LogP contribution in [0.15, 0.2) is 29.8 Å². The maximum atomic E-state index is 12.2. The number of rotatable bonds is 6. The first kappa shape index (κ1) is 14.9. The third kappa shape index (κ3) is 3.98. The van der Waals surface area contributed by atoms with E-state index < -0.39 is 6.61 Å². The van der Waals surface area contributed by atoms with Crippen LogP contribution in [0.5, 0.6) is 5.75 Å². The van der Waals surface area contributed by atoms with Crippen molar-refractivity contribution in [2.45, 2.75) is 33.0 Å². The Balaban J connectivity index is 1.98. The largest absolute Gasteiger partial charge is 0.435 e. The van der Waals surface area contributed by atoms with Gasteiger partial charge in [0.05, 0.1) is 11.2 Å². The molecule has 0 aliphatic heterocycles. The molecule has 20 heavy (non-hydrogen) atoms. The summed E-state index contributed by atoms with van der Waals surface area (Å²) in [6, 6.07) is 6.79. The molecule has 0 aliphatic carbocycles. The molecule has 1 aromatic heterocycles.